The first-order valence-electron chi connectivity index (χ1n) is 13.9. The zero-order valence-corrected chi connectivity index (χ0v) is 23.5. The first kappa shape index (κ1) is 27.7. The summed E-state index contributed by atoms with van der Waals surface area (Å²) in [6, 6.07) is 5.47. The highest BCUT2D eigenvalue weighted by Crippen LogP contribution is 2.41. The SMILES string of the molecule is CN(Cc1ccc(Cl)c(Cl)c1)C(=O)CN1CNC2CCC(C3CCN(C(=O)C4(O)CCC4)CC3)CC2C1=O. The molecular weight excluding hydrogens is 527 g/mol. The molecule has 4 fully saturated rings. The van der Waals surface area contributed by atoms with Crippen LogP contribution in [0.1, 0.15) is 56.9 Å². The summed E-state index contributed by atoms with van der Waals surface area (Å²) in [6.07, 6.45) is 6.78. The Labute approximate surface area is 234 Å². The maximum atomic E-state index is 13.5. The molecule has 2 aliphatic heterocycles. The largest absolute Gasteiger partial charge is 0.380 e. The lowest BCUT2D eigenvalue weighted by molar-refractivity contribution is -0.162. The Morgan fingerprint density at radius 3 is 2.50 bits per heavy atom. The normalized spacial score (nSPS) is 27.5. The first-order chi connectivity index (χ1) is 18.1. The predicted octanol–water partition coefficient (Wildman–Crippen LogP) is 3.28. The fourth-order valence-corrected chi connectivity index (χ4v) is 7.02. The van der Waals surface area contributed by atoms with Crippen LogP contribution >= 0.6 is 23.2 Å². The van der Waals surface area contributed by atoms with Gasteiger partial charge in [0.15, 0.2) is 0 Å². The minimum absolute atomic E-state index is 0.0426. The number of rotatable bonds is 6. The molecule has 1 aromatic rings. The van der Waals surface area contributed by atoms with Crippen LogP contribution < -0.4 is 5.32 Å². The topological polar surface area (TPSA) is 93.2 Å². The monoisotopic (exact) mass is 564 g/mol. The van der Waals surface area contributed by atoms with Gasteiger partial charge in [-0.2, -0.15) is 0 Å². The van der Waals surface area contributed by atoms with Crippen molar-refractivity contribution >= 4 is 40.9 Å². The molecule has 2 saturated carbocycles. The fraction of sp³-hybridized carbons (Fsp3) is 0.679. The van der Waals surface area contributed by atoms with Crippen LogP contribution in [0, 0.1) is 17.8 Å². The Kier molecular flexibility index (Phi) is 8.25. The summed E-state index contributed by atoms with van der Waals surface area (Å²) in [5.74, 6) is 0.655. The molecule has 0 radical (unpaired) electrons. The Morgan fingerprint density at radius 2 is 1.84 bits per heavy atom. The number of hydrogen-bond donors (Lipinski definition) is 2. The van der Waals surface area contributed by atoms with Crippen LogP contribution in [0.15, 0.2) is 18.2 Å². The maximum Gasteiger partial charge on any atom is 0.254 e. The van der Waals surface area contributed by atoms with Gasteiger partial charge in [0.25, 0.3) is 5.91 Å². The van der Waals surface area contributed by atoms with Gasteiger partial charge in [-0.25, -0.2) is 0 Å². The van der Waals surface area contributed by atoms with E-state index in [0.29, 0.717) is 61.0 Å². The lowest BCUT2D eigenvalue weighted by Crippen LogP contribution is -2.60. The lowest BCUT2D eigenvalue weighted by atomic mass is 9.69. The van der Waals surface area contributed by atoms with E-state index in [2.05, 4.69) is 5.32 Å². The fourth-order valence-electron chi connectivity index (χ4n) is 6.70. The first-order valence-corrected chi connectivity index (χ1v) is 14.6. The second-order valence-electron chi connectivity index (χ2n) is 11.7. The minimum Gasteiger partial charge on any atom is -0.380 e. The van der Waals surface area contributed by atoms with E-state index in [9.17, 15) is 19.5 Å². The summed E-state index contributed by atoms with van der Waals surface area (Å²) in [6.45, 7) is 2.20. The standard InChI is InChI=1S/C28H38Cl2N4O4/c1-32(15-18-3-5-22(29)23(30)13-18)25(35)16-34-17-31-24-6-4-20(14-21(24)26(34)36)19-7-11-33(12-8-19)27(37)28(38)9-2-10-28/h3,5,13,19-21,24,31,38H,2,4,6-12,14-17H2,1H3. The Morgan fingerprint density at radius 1 is 1.11 bits per heavy atom. The molecule has 0 aromatic heterocycles. The number of piperidine rings is 1. The summed E-state index contributed by atoms with van der Waals surface area (Å²) in [5, 5.41) is 14.9. The van der Waals surface area contributed by atoms with E-state index in [1.54, 1.807) is 29.0 Å². The van der Waals surface area contributed by atoms with Crippen molar-refractivity contribution in [2.75, 3.05) is 33.4 Å². The summed E-state index contributed by atoms with van der Waals surface area (Å²) in [4.78, 5) is 44.2. The van der Waals surface area contributed by atoms with E-state index in [1.165, 1.54) is 0 Å². The second kappa shape index (κ2) is 11.3. The van der Waals surface area contributed by atoms with Crippen molar-refractivity contribution in [2.45, 2.75) is 69.6 Å². The van der Waals surface area contributed by atoms with Crippen molar-refractivity contribution < 1.29 is 19.5 Å². The van der Waals surface area contributed by atoms with Crippen LogP contribution in [0.5, 0.6) is 0 Å². The van der Waals surface area contributed by atoms with Gasteiger partial charge in [-0.1, -0.05) is 29.3 Å². The van der Waals surface area contributed by atoms with Gasteiger partial charge in [0.05, 0.1) is 22.6 Å². The molecule has 1 aromatic carbocycles. The predicted molar refractivity (Wildman–Crippen MR) is 145 cm³/mol. The average molecular weight is 566 g/mol. The molecule has 4 aliphatic rings. The van der Waals surface area contributed by atoms with E-state index in [-0.39, 0.29) is 36.2 Å². The summed E-state index contributed by atoms with van der Waals surface area (Å²) >= 11 is 12.1. The number of benzene rings is 1. The molecular formula is C28H38Cl2N4O4. The van der Waals surface area contributed by atoms with Crippen molar-refractivity contribution in [1.82, 2.24) is 20.0 Å². The molecule has 2 N–H and O–H groups in total. The lowest BCUT2D eigenvalue weighted by Gasteiger charge is -2.47. The third-order valence-electron chi connectivity index (χ3n) is 9.29. The second-order valence-corrected chi connectivity index (χ2v) is 12.5. The number of carbonyl (C=O) groups is 3. The van der Waals surface area contributed by atoms with Crippen LogP contribution in [-0.2, 0) is 20.9 Å². The van der Waals surface area contributed by atoms with Crippen molar-refractivity contribution in [2.24, 2.45) is 17.8 Å². The zero-order valence-electron chi connectivity index (χ0n) is 22.0. The molecule has 3 amide bonds. The third kappa shape index (κ3) is 5.69. The number of aliphatic hydroxyl groups is 1. The summed E-state index contributed by atoms with van der Waals surface area (Å²) < 4.78 is 0. The molecule has 3 atom stereocenters. The van der Waals surface area contributed by atoms with Crippen molar-refractivity contribution in [3.8, 4) is 0 Å². The maximum absolute atomic E-state index is 13.5. The van der Waals surface area contributed by atoms with Crippen LogP contribution in [0.25, 0.3) is 0 Å². The van der Waals surface area contributed by atoms with Gasteiger partial charge >= 0.3 is 0 Å². The quantitative estimate of drug-likeness (QED) is 0.553. The smallest absolute Gasteiger partial charge is 0.254 e. The van der Waals surface area contributed by atoms with E-state index in [4.69, 9.17) is 23.2 Å². The van der Waals surface area contributed by atoms with Crippen LogP contribution in [-0.4, -0.2) is 82.5 Å². The number of nitrogens with zero attached hydrogens (tertiary/aromatic N) is 3. The molecule has 8 nitrogen and oxygen atoms in total. The molecule has 0 spiro atoms. The number of likely N-dealkylation sites (N-methyl/N-ethyl adjacent to an activating group) is 1. The number of nitrogens with one attached hydrogen (secondary N) is 1. The molecule has 10 heteroatoms. The third-order valence-corrected chi connectivity index (χ3v) is 10.0. The number of carbonyl (C=O) groups excluding carboxylic acids is 3. The molecule has 3 unspecified atom stereocenters. The minimum atomic E-state index is -1.12. The number of halogens is 2. The molecule has 2 aliphatic carbocycles. The zero-order chi connectivity index (χ0) is 27.0. The van der Waals surface area contributed by atoms with Crippen molar-refractivity contribution in [3.05, 3.63) is 33.8 Å². The number of hydrogen-bond acceptors (Lipinski definition) is 5. The van der Waals surface area contributed by atoms with E-state index in [1.807, 2.05) is 11.0 Å². The van der Waals surface area contributed by atoms with Gasteiger partial charge < -0.3 is 19.8 Å². The molecule has 208 valence electrons. The Bertz CT molecular complexity index is 1070. The van der Waals surface area contributed by atoms with Crippen molar-refractivity contribution in [1.29, 1.82) is 0 Å². The number of fused-ring (bicyclic) bond motifs is 1. The van der Waals surface area contributed by atoms with Gasteiger partial charge in [-0.15, -0.1) is 0 Å². The molecule has 5 rings (SSSR count). The molecule has 2 saturated heterocycles. The van der Waals surface area contributed by atoms with Gasteiger partial charge in [-0.3, -0.25) is 19.7 Å². The van der Waals surface area contributed by atoms with Gasteiger partial charge in [0, 0.05) is 32.7 Å². The highest BCUT2D eigenvalue weighted by atomic mass is 35.5. The number of amides is 3. The molecule has 38 heavy (non-hydrogen) atoms. The van der Waals surface area contributed by atoms with Crippen LogP contribution in [0.2, 0.25) is 10.0 Å². The highest BCUT2D eigenvalue weighted by Gasteiger charge is 2.47. The van der Waals surface area contributed by atoms with E-state index < -0.39 is 5.60 Å². The molecule has 0 bridgehead atoms. The van der Waals surface area contributed by atoms with Crippen LogP contribution in [0.4, 0.5) is 0 Å². The van der Waals surface area contributed by atoms with Gasteiger partial charge in [-0.05, 0) is 80.9 Å². The number of likely N-dealkylation sites (tertiary alicyclic amines) is 1. The Balaban J connectivity index is 1.13. The van der Waals surface area contributed by atoms with Crippen molar-refractivity contribution in [3.63, 3.8) is 0 Å². The van der Waals surface area contributed by atoms with E-state index in [0.717, 1.165) is 44.1 Å². The van der Waals surface area contributed by atoms with Crippen LogP contribution in [0.3, 0.4) is 0 Å². The summed E-state index contributed by atoms with van der Waals surface area (Å²) in [5.41, 5.74) is -0.245. The summed E-state index contributed by atoms with van der Waals surface area (Å²) in [7, 11) is 1.73. The molecule has 2 heterocycles. The Hall–Kier alpha value is -1.87. The van der Waals surface area contributed by atoms with E-state index >= 15 is 0 Å². The highest BCUT2D eigenvalue weighted by molar-refractivity contribution is 6.42. The average Bonchev–Trinajstić information content (AvgIpc) is 2.90. The van der Waals surface area contributed by atoms with Gasteiger partial charge in [0.2, 0.25) is 11.8 Å². The van der Waals surface area contributed by atoms with Gasteiger partial charge in [0.1, 0.15) is 12.1 Å².